The first-order valence-corrected chi connectivity index (χ1v) is 9.92. The second-order valence-electron chi connectivity index (χ2n) is 5.99. The standard InChI is InChI=1S/C21H14BrP/c22-19-12-13-20-18-11-10-17(21(18)19)14-6-8-16(9-7-14)23(20)15-4-2-1-3-5-15/h1-13,17H. The molecule has 2 atom stereocenters. The highest BCUT2D eigenvalue weighted by atomic mass is 79.9. The van der Waals surface area contributed by atoms with Gasteiger partial charge in [-0.1, -0.05) is 88.7 Å². The Morgan fingerprint density at radius 1 is 0.783 bits per heavy atom. The van der Waals surface area contributed by atoms with E-state index < -0.39 is 7.92 Å². The topological polar surface area (TPSA) is 0 Å². The maximum absolute atomic E-state index is 3.79. The Balaban J connectivity index is 1.89. The maximum Gasteiger partial charge on any atom is 0.0290 e. The van der Waals surface area contributed by atoms with Gasteiger partial charge in [-0.05, 0) is 46.6 Å². The van der Waals surface area contributed by atoms with Gasteiger partial charge >= 0.3 is 0 Å². The normalized spacial score (nSPS) is 20.2. The van der Waals surface area contributed by atoms with Gasteiger partial charge in [0.25, 0.3) is 0 Å². The van der Waals surface area contributed by atoms with E-state index in [-0.39, 0.29) is 0 Å². The van der Waals surface area contributed by atoms with Gasteiger partial charge in [-0.25, -0.2) is 0 Å². The third-order valence-electron chi connectivity index (χ3n) is 4.74. The molecule has 0 saturated heterocycles. The second-order valence-corrected chi connectivity index (χ2v) is 9.03. The first-order chi connectivity index (χ1) is 11.3. The lowest BCUT2D eigenvalue weighted by molar-refractivity contribution is 1.04. The van der Waals surface area contributed by atoms with Crippen molar-refractivity contribution in [1.29, 1.82) is 0 Å². The van der Waals surface area contributed by atoms with Crippen LogP contribution in [0.25, 0.3) is 6.08 Å². The summed E-state index contributed by atoms with van der Waals surface area (Å²) in [5.41, 5.74) is 4.23. The van der Waals surface area contributed by atoms with E-state index in [4.69, 9.17) is 0 Å². The third kappa shape index (κ3) is 2.00. The predicted octanol–water partition coefficient (Wildman–Crippen LogP) is 4.68. The van der Waals surface area contributed by atoms with Crippen LogP contribution in [0.5, 0.6) is 0 Å². The van der Waals surface area contributed by atoms with Crippen LogP contribution in [-0.2, 0) is 0 Å². The van der Waals surface area contributed by atoms with Crippen LogP contribution in [0.1, 0.15) is 22.6 Å². The number of benzene rings is 3. The molecule has 2 heterocycles. The minimum Gasteiger partial charge on any atom is -0.0720 e. The molecule has 2 heteroatoms. The molecule has 0 radical (unpaired) electrons. The number of allylic oxidation sites excluding steroid dienone is 1. The molecule has 3 aromatic carbocycles. The summed E-state index contributed by atoms with van der Waals surface area (Å²) in [6.07, 6.45) is 4.67. The zero-order chi connectivity index (χ0) is 15.4. The Bertz CT molecular complexity index is 926. The summed E-state index contributed by atoms with van der Waals surface area (Å²) in [6, 6.07) is 24.7. The van der Waals surface area contributed by atoms with E-state index in [2.05, 4.69) is 94.8 Å². The molecule has 6 rings (SSSR count). The highest BCUT2D eigenvalue weighted by Gasteiger charge is 2.29. The van der Waals surface area contributed by atoms with E-state index in [0.29, 0.717) is 5.92 Å². The van der Waals surface area contributed by atoms with E-state index in [1.54, 1.807) is 0 Å². The second kappa shape index (κ2) is 5.16. The molecule has 2 unspecified atom stereocenters. The Hall–Kier alpha value is -1.69. The van der Waals surface area contributed by atoms with Crippen molar-refractivity contribution in [2.75, 3.05) is 0 Å². The molecule has 0 fully saturated rings. The Morgan fingerprint density at radius 2 is 1.52 bits per heavy atom. The summed E-state index contributed by atoms with van der Waals surface area (Å²) in [4.78, 5) is 0. The van der Waals surface area contributed by atoms with Gasteiger partial charge in [0.15, 0.2) is 0 Å². The van der Waals surface area contributed by atoms with Gasteiger partial charge in [-0.3, -0.25) is 0 Å². The predicted molar refractivity (Wildman–Crippen MR) is 104 cm³/mol. The fourth-order valence-corrected chi connectivity index (χ4v) is 6.71. The van der Waals surface area contributed by atoms with E-state index in [1.807, 2.05) is 0 Å². The van der Waals surface area contributed by atoms with E-state index in [1.165, 1.54) is 37.1 Å². The Kier molecular flexibility index (Phi) is 3.08. The van der Waals surface area contributed by atoms with E-state index in [0.717, 1.165) is 0 Å². The van der Waals surface area contributed by atoms with Crippen molar-refractivity contribution in [2.45, 2.75) is 5.92 Å². The van der Waals surface area contributed by atoms with Gasteiger partial charge in [-0.15, -0.1) is 0 Å². The molecule has 23 heavy (non-hydrogen) atoms. The van der Waals surface area contributed by atoms with E-state index in [9.17, 15) is 0 Å². The molecular formula is C21H14BrP. The molecule has 0 aromatic heterocycles. The van der Waals surface area contributed by atoms with Crippen molar-refractivity contribution < 1.29 is 0 Å². The van der Waals surface area contributed by atoms with Crippen LogP contribution in [0.2, 0.25) is 0 Å². The van der Waals surface area contributed by atoms with Crippen LogP contribution in [-0.4, -0.2) is 0 Å². The number of hydrogen-bond donors (Lipinski definition) is 0. The van der Waals surface area contributed by atoms with Crippen LogP contribution in [0.4, 0.5) is 0 Å². The molecular weight excluding hydrogens is 363 g/mol. The first-order valence-electron chi connectivity index (χ1n) is 7.79. The Labute approximate surface area is 145 Å². The van der Waals surface area contributed by atoms with Crippen molar-refractivity contribution in [1.82, 2.24) is 0 Å². The van der Waals surface area contributed by atoms with Gasteiger partial charge in [0, 0.05) is 10.4 Å². The van der Waals surface area contributed by atoms with Crippen LogP contribution in [0.15, 0.2) is 77.3 Å². The van der Waals surface area contributed by atoms with Crippen molar-refractivity contribution in [2.24, 2.45) is 0 Å². The summed E-state index contributed by atoms with van der Waals surface area (Å²) in [5, 5.41) is 4.31. The number of halogens is 1. The molecule has 6 bridgehead atoms. The van der Waals surface area contributed by atoms with Crippen LogP contribution >= 0.6 is 23.9 Å². The van der Waals surface area contributed by atoms with Crippen molar-refractivity contribution in [3.8, 4) is 0 Å². The molecule has 1 aliphatic carbocycles. The third-order valence-corrected chi connectivity index (χ3v) is 7.94. The van der Waals surface area contributed by atoms with Crippen LogP contribution in [0, 0.1) is 0 Å². The number of hydrogen-bond acceptors (Lipinski definition) is 0. The molecule has 3 aromatic rings. The van der Waals surface area contributed by atoms with Crippen LogP contribution < -0.4 is 15.9 Å². The minimum absolute atomic E-state index is 0.374. The Morgan fingerprint density at radius 3 is 2.30 bits per heavy atom. The summed E-state index contributed by atoms with van der Waals surface area (Å²) < 4.78 is 1.22. The van der Waals surface area contributed by atoms with Crippen molar-refractivity contribution >= 4 is 45.8 Å². The largest absolute Gasteiger partial charge is 0.0720 e. The lowest BCUT2D eigenvalue weighted by Gasteiger charge is -2.21. The van der Waals surface area contributed by atoms with Crippen LogP contribution in [0.3, 0.4) is 0 Å². The monoisotopic (exact) mass is 376 g/mol. The lowest BCUT2D eigenvalue weighted by Crippen LogP contribution is -2.22. The quantitative estimate of drug-likeness (QED) is 0.541. The zero-order valence-electron chi connectivity index (χ0n) is 12.4. The van der Waals surface area contributed by atoms with Gasteiger partial charge in [-0.2, -0.15) is 0 Å². The SMILES string of the molecule is Brc1ccc2c3c1C(C=C3)c1ccc(cc1)P2c1ccccc1. The highest BCUT2D eigenvalue weighted by molar-refractivity contribution is 9.10. The molecule has 110 valence electrons. The van der Waals surface area contributed by atoms with E-state index >= 15 is 0 Å². The summed E-state index contributed by atoms with van der Waals surface area (Å²) in [6.45, 7) is 0. The van der Waals surface area contributed by atoms with Gasteiger partial charge in [0.1, 0.15) is 0 Å². The van der Waals surface area contributed by atoms with Crippen molar-refractivity contribution in [3.63, 3.8) is 0 Å². The molecule has 2 aliphatic heterocycles. The maximum atomic E-state index is 3.79. The fourth-order valence-electron chi connectivity index (χ4n) is 3.69. The summed E-state index contributed by atoms with van der Waals surface area (Å²) in [7, 11) is -0.513. The smallest absolute Gasteiger partial charge is 0.0290 e. The average molecular weight is 377 g/mol. The molecule has 0 saturated carbocycles. The van der Waals surface area contributed by atoms with Crippen molar-refractivity contribution in [3.05, 3.63) is 94.0 Å². The molecule has 0 amide bonds. The summed E-state index contributed by atoms with van der Waals surface area (Å²) >= 11 is 3.79. The average Bonchev–Trinajstić information content (AvgIpc) is 3.06. The first kappa shape index (κ1) is 13.7. The molecule has 0 N–H and O–H groups in total. The van der Waals surface area contributed by atoms with Gasteiger partial charge in [0.2, 0.25) is 0 Å². The lowest BCUT2D eigenvalue weighted by atomic mass is 9.93. The van der Waals surface area contributed by atoms with Gasteiger partial charge in [0.05, 0.1) is 0 Å². The highest BCUT2D eigenvalue weighted by Crippen LogP contribution is 2.45. The fraction of sp³-hybridized carbons (Fsp3) is 0.0476. The number of fused-ring (bicyclic) bond motifs is 2. The summed E-state index contributed by atoms with van der Waals surface area (Å²) in [5.74, 6) is 0.374. The zero-order valence-corrected chi connectivity index (χ0v) is 14.9. The molecule has 3 aliphatic rings. The molecule has 0 nitrogen and oxygen atoms in total. The van der Waals surface area contributed by atoms with Gasteiger partial charge < -0.3 is 0 Å². The molecule has 0 spiro atoms. The number of rotatable bonds is 1. The minimum atomic E-state index is -0.513.